The molecule has 1 aromatic carbocycles. The minimum absolute atomic E-state index is 0.229. The number of aliphatic hydroxyl groups excluding tert-OH is 1. The van der Waals surface area contributed by atoms with Gasteiger partial charge in [0.15, 0.2) is 6.10 Å². The third-order valence-corrected chi connectivity index (χ3v) is 5.57. The van der Waals surface area contributed by atoms with Gasteiger partial charge in [-0.3, -0.25) is 9.59 Å². The van der Waals surface area contributed by atoms with Crippen LogP contribution in [0.2, 0.25) is 0 Å². The van der Waals surface area contributed by atoms with Crippen LogP contribution in [0.15, 0.2) is 24.4 Å². The Bertz CT molecular complexity index is 936. The Labute approximate surface area is 173 Å². The van der Waals surface area contributed by atoms with Crippen LogP contribution in [0.25, 0.3) is 10.9 Å². The molecular weight excluding hydrogens is 393 g/mol. The summed E-state index contributed by atoms with van der Waals surface area (Å²) in [5.74, 6) is -1.86. The highest BCUT2D eigenvalue weighted by molar-refractivity contribution is 5.89. The Hall–Kier alpha value is -2.94. The van der Waals surface area contributed by atoms with Crippen LogP contribution in [0.4, 0.5) is 4.39 Å². The molecule has 0 spiro atoms. The molecule has 0 saturated carbocycles. The number of esters is 1. The number of carbonyl (C=O) groups excluding carboxylic acids is 3. The average molecular weight is 419 g/mol. The first kappa shape index (κ1) is 21.8. The second kappa shape index (κ2) is 9.25. The summed E-state index contributed by atoms with van der Waals surface area (Å²) in [5, 5.41) is 13.5. The number of methoxy groups -OCH3 is 1. The summed E-state index contributed by atoms with van der Waals surface area (Å²) in [6, 6.07) is 3.61. The third-order valence-electron chi connectivity index (χ3n) is 5.57. The van der Waals surface area contributed by atoms with Crippen LogP contribution < -0.4 is 5.32 Å². The fourth-order valence-electron chi connectivity index (χ4n) is 3.96. The lowest BCUT2D eigenvalue weighted by atomic mass is 9.90. The van der Waals surface area contributed by atoms with E-state index in [1.54, 1.807) is 17.2 Å². The minimum atomic E-state index is -1.20. The van der Waals surface area contributed by atoms with Gasteiger partial charge < -0.3 is 25.0 Å². The van der Waals surface area contributed by atoms with Crippen molar-refractivity contribution in [1.82, 2.24) is 15.2 Å². The number of nitrogens with one attached hydrogen (secondary N) is 2. The minimum Gasteiger partial charge on any atom is -0.467 e. The molecule has 1 saturated heterocycles. The van der Waals surface area contributed by atoms with E-state index >= 15 is 0 Å². The second-order valence-corrected chi connectivity index (χ2v) is 7.59. The van der Waals surface area contributed by atoms with Gasteiger partial charge in [-0.1, -0.05) is 0 Å². The van der Waals surface area contributed by atoms with E-state index in [9.17, 15) is 23.9 Å². The predicted octanol–water partition coefficient (Wildman–Crippen LogP) is 1.13. The Morgan fingerprint density at radius 1 is 1.33 bits per heavy atom. The molecule has 2 amide bonds. The van der Waals surface area contributed by atoms with Crippen molar-refractivity contribution in [2.24, 2.45) is 5.92 Å². The standard InChI is InChI=1S/C21H26FN3O5/c1-12(26)24-18(9-14-11-23-17-10-15(22)3-4-16(14)17)20(28)25-7-5-13(6-8-25)19(27)21(29)30-2/h3-4,10-11,13,18-19,23,27H,5-9H2,1-2H3,(H,24,26). The summed E-state index contributed by atoms with van der Waals surface area (Å²) in [7, 11) is 1.22. The molecule has 8 nitrogen and oxygen atoms in total. The molecule has 0 aliphatic carbocycles. The lowest BCUT2D eigenvalue weighted by Gasteiger charge is -2.35. The van der Waals surface area contributed by atoms with Crippen molar-refractivity contribution in [3.05, 3.63) is 35.8 Å². The molecule has 3 rings (SSSR count). The van der Waals surface area contributed by atoms with Crippen molar-refractivity contribution in [3.8, 4) is 0 Å². The number of aromatic amines is 1. The van der Waals surface area contributed by atoms with Crippen LogP contribution >= 0.6 is 0 Å². The lowest BCUT2D eigenvalue weighted by molar-refractivity contribution is -0.155. The molecule has 1 aliphatic heterocycles. The van der Waals surface area contributed by atoms with E-state index in [0.29, 0.717) is 31.4 Å². The number of aromatic nitrogens is 1. The van der Waals surface area contributed by atoms with E-state index in [4.69, 9.17) is 0 Å². The van der Waals surface area contributed by atoms with Crippen LogP contribution in [0, 0.1) is 11.7 Å². The third kappa shape index (κ3) is 4.79. The van der Waals surface area contributed by atoms with Gasteiger partial charge in [-0.15, -0.1) is 0 Å². The number of amides is 2. The molecule has 0 radical (unpaired) electrons. The molecule has 9 heteroatoms. The van der Waals surface area contributed by atoms with Gasteiger partial charge in [-0.05, 0) is 42.5 Å². The van der Waals surface area contributed by atoms with E-state index in [0.717, 1.165) is 10.9 Å². The van der Waals surface area contributed by atoms with Crippen molar-refractivity contribution < 1.29 is 28.6 Å². The zero-order chi connectivity index (χ0) is 21.8. The number of halogens is 1. The Morgan fingerprint density at radius 2 is 2.03 bits per heavy atom. The summed E-state index contributed by atoms with van der Waals surface area (Å²) in [5.41, 5.74) is 1.42. The van der Waals surface area contributed by atoms with Crippen molar-refractivity contribution in [3.63, 3.8) is 0 Å². The predicted molar refractivity (Wildman–Crippen MR) is 107 cm³/mol. The van der Waals surface area contributed by atoms with Crippen LogP contribution in [-0.4, -0.2) is 65.1 Å². The smallest absolute Gasteiger partial charge is 0.334 e. The first-order valence-electron chi connectivity index (χ1n) is 9.87. The van der Waals surface area contributed by atoms with Gasteiger partial charge in [-0.25, -0.2) is 9.18 Å². The number of aliphatic hydroxyl groups is 1. The number of piperidine rings is 1. The molecule has 2 heterocycles. The summed E-state index contributed by atoms with van der Waals surface area (Å²) >= 11 is 0. The van der Waals surface area contributed by atoms with E-state index < -0.39 is 18.1 Å². The summed E-state index contributed by atoms with van der Waals surface area (Å²) in [6.07, 6.45) is 1.69. The van der Waals surface area contributed by atoms with Crippen LogP contribution in [0.3, 0.4) is 0 Å². The quantitative estimate of drug-likeness (QED) is 0.608. The molecular formula is C21H26FN3O5. The Balaban J connectivity index is 1.70. The molecule has 2 atom stereocenters. The number of ether oxygens (including phenoxy) is 1. The number of carbonyl (C=O) groups is 3. The van der Waals surface area contributed by atoms with Gasteiger partial charge in [0.2, 0.25) is 11.8 Å². The first-order chi connectivity index (χ1) is 14.3. The molecule has 1 aliphatic rings. The van der Waals surface area contributed by atoms with Crippen molar-refractivity contribution in [2.75, 3.05) is 20.2 Å². The topological polar surface area (TPSA) is 112 Å². The zero-order valence-electron chi connectivity index (χ0n) is 17.0. The largest absolute Gasteiger partial charge is 0.467 e. The first-order valence-corrected chi connectivity index (χ1v) is 9.87. The fourth-order valence-corrected chi connectivity index (χ4v) is 3.96. The second-order valence-electron chi connectivity index (χ2n) is 7.59. The number of H-pyrrole nitrogens is 1. The van der Waals surface area contributed by atoms with Crippen molar-refractivity contribution >= 4 is 28.7 Å². The highest BCUT2D eigenvalue weighted by atomic mass is 19.1. The zero-order valence-corrected chi connectivity index (χ0v) is 17.0. The van der Waals surface area contributed by atoms with Gasteiger partial charge in [0.05, 0.1) is 7.11 Å². The van der Waals surface area contributed by atoms with E-state index in [1.807, 2.05) is 0 Å². The number of hydrogen-bond donors (Lipinski definition) is 3. The number of likely N-dealkylation sites (tertiary alicyclic amines) is 1. The Kier molecular flexibility index (Phi) is 6.71. The molecule has 0 bridgehead atoms. The number of rotatable bonds is 6. The number of fused-ring (bicyclic) bond motifs is 1. The van der Waals surface area contributed by atoms with Crippen molar-refractivity contribution in [1.29, 1.82) is 0 Å². The van der Waals surface area contributed by atoms with Gasteiger partial charge in [0.1, 0.15) is 11.9 Å². The van der Waals surface area contributed by atoms with Gasteiger partial charge >= 0.3 is 5.97 Å². The van der Waals surface area contributed by atoms with E-state index in [1.165, 1.54) is 26.2 Å². The number of nitrogens with zero attached hydrogens (tertiary/aromatic N) is 1. The monoisotopic (exact) mass is 419 g/mol. The normalized spacial score (nSPS) is 16.9. The highest BCUT2D eigenvalue weighted by Gasteiger charge is 2.34. The van der Waals surface area contributed by atoms with Crippen LogP contribution in [0.5, 0.6) is 0 Å². The summed E-state index contributed by atoms with van der Waals surface area (Å²) in [4.78, 5) is 41.0. The molecule has 162 valence electrons. The van der Waals surface area contributed by atoms with Gasteiger partial charge in [0.25, 0.3) is 0 Å². The molecule has 1 fully saturated rings. The van der Waals surface area contributed by atoms with Crippen LogP contribution in [0.1, 0.15) is 25.3 Å². The molecule has 2 unspecified atom stereocenters. The maximum absolute atomic E-state index is 13.4. The van der Waals surface area contributed by atoms with Gasteiger partial charge in [-0.2, -0.15) is 0 Å². The summed E-state index contributed by atoms with van der Waals surface area (Å²) in [6.45, 7) is 2.09. The number of hydrogen-bond acceptors (Lipinski definition) is 5. The van der Waals surface area contributed by atoms with Gasteiger partial charge in [0, 0.05) is 43.5 Å². The maximum atomic E-state index is 13.4. The maximum Gasteiger partial charge on any atom is 0.334 e. The number of benzene rings is 1. The summed E-state index contributed by atoms with van der Waals surface area (Å²) < 4.78 is 18.0. The average Bonchev–Trinajstić information content (AvgIpc) is 3.13. The van der Waals surface area contributed by atoms with E-state index in [2.05, 4.69) is 15.0 Å². The molecule has 2 aromatic rings. The SMILES string of the molecule is COC(=O)C(O)C1CCN(C(=O)C(Cc2c[nH]c3cc(F)ccc23)NC(C)=O)CC1. The fraction of sp³-hybridized carbons (Fsp3) is 0.476. The highest BCUT2D eigenvalue weighted by Crippen LogP contribution is 2.24. The van der Waals surface area contributed by atoms with E-state index in [-0.39, 0.29) is 30.0 Å². The van der Waals surface area contributed by atoms with Crippen LogP contribution in [-0.2, 0) is 25.5 Å². The molecule has 30 heavy (non-hydrogen) atoms. The lowest BCUT2D eigenvalue weighted by Crippen LogP contribution is -2.52. The van der Waals surface area contributed by atoms with Crippen molar-refractivity contribution in [2.45, 2.75) is 38.3 Å². The Morgan fingerprint density at radius 3 is 2.67 bits per heavy atom. The molecule has 3 N–H and O–H groups in total. The molecule has 1 aromatic heterocycles.